The Labute approximate surface area is 250 Å². The van der Waals surface area contributed by atoms with E-state index in [2.05, 4.69) is 5.32 Å². The van der Waals surface area contributed by atoms with Crippen molar-refractivity contribution >= 4 is 17.7 Å². The average molecular weight is 583 g/mol. The molecule has 1 atom stereocenters. The summed E-state index contributed by atoms with van der Waals surface area (Å²) in [4.78, 5) is 27.0. The lowest BCUT2D eigenvalue weighted by atomic mass is 9.96. The molecule has 1 heterocycles. The van der Waals surface area contributed by atoms with Gasteiger partial charge in [0.25, 0.3) is 0 Å². The van der Waals surface area contributed by atoms with Gasteiger partial charge in [-0.25, -0.2) is 9.59 Å². The Morgan fingerprint density at radius 3 is 2.28 bits per heavy atom. The number of carbonyl (C=O) groups excluding carboxylic acids is 1. The van der Waals surface area contributed by atoms with E-state index >= 15 is 0 Å². The molecule has 222 valence electrons. The predicted octanol–water partition coefficient (Wildman–Crippen LogP) is 6.38. The van der Waals surface area contributed by atoms with Crippen LogP contribution in [0.25, 0.3) is 0 Å². The van der Waals surface area contributed by atoms with Gasteiger partial charge in [0.2, 0.25) is 12.4 Å². The standard InChI is InChI=1S/C34H34N2O7/c1-34(32(37)38,43-29-11-6-3-7-12-29)22-25-13-16-28(17-14-25)40-20-8-19-36(23-26-9-4-2-5-10-26)33(39)35-27-15-18-30-31(21-27)42-24-41-30/h2-7,9-18,21H,8,19-20,22-24H2,1H3,(H,35,39)(H,37,38)/t34-/m0/s1. The molecule has 0 aromatic heterocycles. The highest BCUT2D eigenvalue weighted by Gasteiger charge is 2.36. The molecule has 0 bridgehead atoms. The molecule has 0 fully saturated rings. The summed E-state index contributed by atoms with van der Waals surface area (Å²) >= 11 is 0. The number of benzene rings is 4. The minimum Gasteiger partial charge on any atom is -0.494 e. The van der Waals surface area contributed by atoms with Crippen molar-refractivity contribution in [3.8, 4) is 23.0 Å². The van der Waals surface area contributed by atoms with Crippen LogP contribution in [0.15, 0.2) is 103 Å². The lowest BCUT2D eigenvalue weighted by Crippen LogP contribution is -2.43. The number of amides is 2. The molecule has 5 rings (SSSR count). The van der Waals surface area contributed by atoms with Gasteiger partial charge in [-0.05, 0) is 60.9 Å². The molecule has 2 N–H and O–H groups in total. The first-order valence-corrected chi connectivity index (χ1v) is 14.1. The lowest BCUT2D eigenvalue weighted by Gasteiger charge is -2.26. The van der Waals surface area contributed by atoms with E-state index in [9.17, 15) is 14.7 Å². The minimum absolute atomic E-state index is 0.167. The molecular weight excluding hydrogens is 548 g/mol. The van der Waals surface area contributed by atoms with Gasteiger partial charge in [-0.1, -0.05) is 60.7 Å². The number of hydrogen-bond donors (Lipinski definition) is 2. The zero-order valence-electron chi connectivity index (χ0n) is 23.9. The quantitative estimate of drug-likeness (QED) is 0.176. The Balaban J connectivity index is 1.15. The molecule has 0 unspecified atom stereocenters. The van der Waals surface area contributed by atoms with E-state index in [0.29, 0.717) is 54.8 Å². The maximum Gasteiger partial charge on any atom is 0.348 e. The Kier molecular flexibility index (Phi) is 9.31. The summed E-state index contributed by atoms with van der Waals surface area (Å²) in [5, 5.41) is 12.8. The molecule has 9 nitrogen and oxygen atoms in total. The van der Waals surface area contributed by atoms with Gasteiger partial charge >= 0.3 is 12.0 Å². The monoisotopic (exact) mass is 582 g/mol. The molecule has 0 saturated carbocycles. The van der Waals surface area contributed by atoms with Gasteiger partial charge < -0.3 is 34.3 Å². The Bertz CT molecular complexity index is 1510. The maximum absolute atomic E-state index is 13.2. The summed E-state index contributed by atoms with van der Waals surface area (Å²) in [6.07, 6.45) is 0.787. The van der Waals surface area contributed by atoms with E-state index in [1.165, 1.54) is 0 Å². The molecule has 2 amide bonds. The number of aliphatic carboxylic acids is 1. The highest BCUT2D eigenvalue weighted by Crippen LogP contribution is 2.34. The van der Waals surface area contributed by atoms with Crippen molar-refractivity contribution in [3.05, 3.63) is 114 Å². The Hall–Kier alpha value is -5.18. The third-order valence-corrected chi connectivity index (χ3v) is 6.97. The van der Waals surface area contributed by atoms with Crippen molar-refractivity contribution in [2.24, 2.45) is 0 Å². The topological polar surface area (TPSA) is 107 Å². The number of para-hydroxylation sites is 1. The molecule has 43 heavy (non-hydrogen) atoms. The third kappa shape index (κ3) is 7.97. The number of carboxylic acid groups (broad SMARTS) is 1. The molecule has 1 aliphatic heterocycles. The summed E-state index contributed by atoms with van der Waals surface area (Å²) in [5.41, 5.74) is 1.02. The molecule has 9 heteroatoms. The number of ether oxygens (including phenoxy) is 4. The summed E-state index contributed by atoms with van der Waals surface area (Å²) in [5.74, 6) is 1.37. The first-order valence-electron chi connectivity index (χ1n) is 14.1. The molecule has 4 aromatic carbocycles. The number of carbonyl (C=O) groups is 2. The number of carboxylic acids is 1. The van der Waals surface area contributed by atoms with E-state index in [1.807, 2.05) is 60.7 Å². The van der Waals surface area contributed by atoms with Crippen molar-refractivity contribution in [1.82, 2.24) is 4.90 Å². The molecule has 0 saturated heterocycles. The molecule has 4 aromatic rings. The first-order chi connectivity index (χ1) is 20.9. The van der Waals surface area contributed by atoms with Crippen molar-refractivity contribution in [2.75, 3.05) is 25.3 Å². The van der Waals surface area contributed by atoms with E-state index in [4.69, 9.17) is 18.9 Å². The van der Waals surface area contributed by atoms with Crippen LogP contribution in [0.4, 0.5) is 10.5 Å². The van der Waals surface area contributed by atoms with E-state index in [1.54, 1.807) is 54.3 Å². The lowest BCUT2D eigenvalue weighted by molar-refractivity contribution is -0.153. The molecular formula is C34H34N2O7. The van der Waals surface area contributed by atoms with Gasteiger partial charge in [-0.2, -0.15) is 0 Å². The van der Waals surface area contributed by atoms with Crippen molar-refractivity contribution in [3.63, 3.8) is 0 Å². The zero-order chi connectivity index (χ0) is 30.1. The number of nitrogens with zero attached hydrogens (tertiary/aromatic N) is 1. The van der Waals surface area contributed by atoms with Gasteiger partial charge in [0.05, 0.1) is 6.61 Å². The van der Waals surface area contributed by atoms with E-state index in [0.717, 1.165) is 11.1 Å². The normalized spacial score (nSPS) is 13.0. The number of anilines is 1. The fourth-order valence-electron chi connectivity index (χ4n) is 4.68. The van der Waals surface area contributed by atoms with Gasteiger partial charge in [0.15, 0.2) is 11.5 Å². The molecule has 0 aliphatic carbocycles. The van der Waals surface area contributed by atoms with Crippen LogP contribution in [0.3, 0.4) is 0 Å². The molecule has 0 radical (unpaired) electrons. The summed E-state index contributed by atoms with van der Waals surface area (Å²) < 4.78 is 22.6. The number of nitrogens with one attached hydrogen (secondary N) is 1. The van der Waals surface area contributed by atoms with Crippen molar-refractivity contribution < 1.29 is 33.6 Å². The number of hydrogen-bond acceptors (Lipinski definition) is 6. The van der Waals surface area contributed by atoms with Crippen molar-refractivity contribution in [2.45, 2.75) is 31.9 Å². The van der Waals surface area contributed by atoms with Gasteiger partial charge in [-0.15, -0.1) is 0 Å². The van der Waals surface area contributed by atoms with Gasteiger partial charge in [-0.3, -0.25) is 0 Å². The second-order valence-corrected chi connectivity index (χ2v) is 10.4. The van der Waals surface area contributed by atoms with Crippen LogP contribution in [-0.2, 0) is 17.8 Å². The number of urea groups is 1. The number of rotatable bonds is 13. The minimum atomic E-state index is -1.42. The van der Waals surface area contributed by atoms with Crippen LogP contribution >= 0.6 is 0 Å². The Morgan fingerprint density at radius 1 is 0.860 bits per heavy atom. The fourth-order valence-corrected chi connectivity index (χ4v) is 4.68. The van der Waals surface area contributed by atoms with E-state index < -0.39 is 11.6 Å². The predicted molar refractivity (Wildman–Crippen MR) is 162 cm³/mol. The van der Waals surface area contributed by atoms with Crippen LogP contribution < -0.4 is 24.3 Å². The summed E-state index contributed by atoms with van der Waals surface area (Å²) in [6, 6.07) is 31.1. The zero-order valence-corrected chi connectivity index (χ0v) is 23.9. The average Bonchev–Trinajstić information content (AvgIpc) is 3.48. The van der Waals surface area contributed by atoms with Crippen LogP contribution in [0.5, 0.6) is 23.0 Å². The molecule has 1 aliphatic rings. The highest BCUT2D eigenvalue weighted by molar-refractivity contribution is 5.89. The van der Waals surface area contributed by atoms with Crippen LogP contribution in [0, 0.1) is 0 Å². The summed E-state index contributed by atoms with van der Waals surface area (Å²) in [6.45, 7) is 3.04. The fraction of sp³-hybridized carbons (Fsp3) is 0.235. The number of fused-ring (bicyclic) bond motifs is 1. The highest BCUT2D eigenvalue weighted by atomic mass is 16.7. The first kappa shape index (κ1) is 29.3. The van der Waals surface area contributed by atoms with Crippen LogP contribution in [0.1, 0.15) is 24.5 Å². The van der Waals surface area contributed by atoms with Gasteiger partial charge in [0.1, 0.15) is 11.5 Å². The SMILES string of the molecule is C[C@@](Cc1ccc(OCCCN(Cc2ccccc2)C(=O)Nc2ccc3c(c2)OCO3)cc1)(Oc1ccccc1)C(=O)O. The second kappa shape index (κ2) is 13.7. The smallest absolute Gasteiger partial charge is 0.348 e. The third-order valence-electron chi connectivity index (χ3n) is 6.97. The van der Waals surface area contributed by atoms with Crippen LogP contribution in [-0.4, -0.2) is 47.6 Å². The van der Waals surface area contributed by atoms with Crippen LogP contribution in [0.2, 0.25) is 0 Å². The molecule has 0 spiro atoms. The summed E-state index contributed by atoms with van der Waals surface area (Å²) in [7, 11) is 0. The largest absolute Gasteiger partial charge is 0.494 e. The van der Waals surface area contributed by atoms with Gasteiger partial charge in [0, 0.05) is 31.3 Å². The van der Waals surface area contributed by atoms with E-state index in [-0.39, 0.29) is 19.2 Å². The maximum atomic E-state index is 13.2. The second-order valence-electron chi connectivity index (χ2n) is 10.4. The van der Waals surface area contributed by atoms with Crippen molar-refractivity contribution in [1.29, 1.82) is 0 Å². The Morgan fingerprint density at radius 2 is 1.56 bits per heavy atom.